The molecule has 0 aromatic carbocycles. The van der Waals surface area contributed by atoms with Crippen molar-refractivity contribution in [3.05, 3.63) is 0 Å². The minimum Gasteiger partial charge on any atom is -0.312 e. The van der Waals surface area contributed by atoms with Gasteiger partial charge in [0.05, 0.1) is 0 Å². The van der Waals surface area contributed by atoms with Crippen molar-refractivity contribution in [2.75, 3.05) is 6.54 Å². The van der Waals surface area contributed by atoms with Crippen LogP contribution in [0.3, 0.4) is 0 Å². The Bertz CT molecular complexity index is 107. The van der Waals surface area contributed by atoms with Gasteiger partial charge in [-0.15, -0.1) is 12.4 Å². The normalized spacial score (nSPS) is 26.2. The first-order valence-corrected chi connectivity index (χ1v) is 6.00. The summed E-state index contributed by atoms with van der Waals surface area (Å²) in [7, 11) is 0. The molecule has 1 atom stereocenters. The summed E-state index contributed by atoms with van der Waals surface area (Å²) in [5.41, 5.74) is 0.387. The van der Waals surface area contributed by atoms with E-state index >= 15 is 0 Å². The van der Waals surface area contributed by atoms with Crippen LogP contribution in [-0.2, 0) is 0 Å². The molecular formula is C9H21ClMgN+2. The van der Waals surface area contributed by atoms with E-state index in [1.165, 1.54) is 19.4 Å². The average molecular weight is 203 g/mol. The smallest absolute Gasteiger partial charge is 0.312 e. The lowest BCUT2D eigenvalue weighted by molar-refractivity contribution is 0.212. The summed E-state index contributed by atoms with van der Waals surface area (Å²) in [4.78, 5) is 0. The maximum atomic E-state index is 3.51. The molecule has 1 rings (SSSR count). The zero-order valence-electron chi connectivity index (χ0n) is 8.81. The topological polar surface area (TPSA) is 12.0 Å². The fourth-order valence-electron chi connectivity index (χ4n) is 1.35. The number of nitrogens with one attached hydrogen (secondary N) is 1. The third kappa shape index (κ3) is 4.90. The average Bonchev–Trinajstić information content (AvgIpc) is 2.00. The van der Waals surface area contributed by atoms with Gasteiger partial charge in [-0.2, -0.15) is 0 Å². The molecule has 1 N–H and O–H groups in total. The Morgan fingerprint density at radius 1 is 1.33 bits per heavy atom. The molecule has 0 aromatic rings. The van der Waals surface area contributed by atoms with Crippen molar-refractivity contribution in [3.63, 3.8) is 0 Å². The SMILES string of the molecule is CC1CCCNC1(C)C.Cl.[CH3][Mg+2]. The highest BCUT2D eigenvalue weighted by molar-refractivity contribution is 6.05. The summed E-state index contributed by atoms with van der Waals surface area (Å²) in [6.07, 6.45) is 2.74. The summed E-state index contributed by atoms with van der Waals surface area (Å²) < 4.78 is 0. The third-order valence-electron chi connectivity index (χ3n) is 2.63. The molecule has 1 nitrogen and oxygen atoms in total. The molecule has 1 fully saturated rings. The summed E-state index contributed by atoms with van der Waals surface area (Å²) in [6, 6.07) is 0. The van der Waals surface area contributed by atoms with Crippen molar-refractivity contribution in [1.82, 2.24) is 5.32 Å². The van der Waals surface area contributed by atoms with E-state index in [2.05, 4.69) is 26.1 Å². The molecule has 1 aliphatic rings. The molecule has 1 saturated heterocycles. The van der Waals surface area contributed by atoms with Gasteiger partial charge >= 0.3 is 21.7 Å². The van der Waals surface area contributed by atoms with Crippen LogP contribution in [0, 0.1) is 5.92 Å². The van der Waals surface area contributed by atoms with E-state index in [0.717, 1.165) is 5.92 Å². The summed E-state index contributed by atoms with van der Waals surface area (Å²) in [5, 5.41) is 5.54. The standard InChI is InChI=1S/C8H17N.CH3.ClH.Mg/c1-7-5-4-6-9-8(7,2)3;;;/h7,9H,4-6H2,1-3H3;1H3;1H;/q;;;+2. The van der Waals surface area contributed by atoms with E-state index in [1.54, 1.807) is 0 Å². The Morgan fingerprint density at radius 3 is 2.08 bits per heavy atom. The second-order valence-corrected chi connectivity index (χ2v) is 3.69. The predicted molar refractivity (Wildman–Crippen MR) is 59.3 cm³/mol. The highest BCUT2D eigenvalue weighted by Gasteiger charge is 2.27. The Kier molecular flexibility index (Phi) is 9.58. The second-order valence-electron chi connectivity index (χ2n) is 3.69. The highest BCUT2D eigenvalue weighted by Crippen LogP contribution is 2.24. The van der Waals surface area contributed by atoms with Crippen LogP contribution in [0.25, 0.3) is 0 Å². The van der Waals surface area contributed by atoms with Crippen molar-refractivity contribution in [2.45, 2.75) is 44.2 Å². The Balaban J connectivity index is 0. The molecule has 12 heavy (non-hydrogen) atoms. The minimum absolute atomic E-state index is 0. The van der Waals surface area contributed by atoms with Gasteiger partial charge in [0.1, 0.15) is 0 Å². The first kappa shape index (κ1) is 15.5. The lowest BCUT2D eigenvalue weighted by Crippen LogP contribution is -2.48. The van der Waals surface area contributed by atoms with Gasteiger partial charge in [-0.3, -0.25) is 0 Å². The van der Waals surface area contributed by atoms with Crippen molar-refractivity contribution in [2.24, 2.45) is 5.92 Å². The summed E-state index contributed by atoms with van der Waals surface area (Å²) in [6.45, 7) is 8.11. The van der Waals surface area contributed by atoms with Gasteiger partial charge in [-0.1, -0.05) is 6.92 Å². The largest absolute Gasteiger partial charge is 1.41 e. The van der Waals surface area contributed by atoms with Crippen LogP contribution in [0.15, 0.2) is 0 Å². The lowest BCUT2D eigenvalue weighted by Gasteiger charge is -2.37. The number of hydrogen-bond donors (Lipinski definition) is 1. The van der Waals surface area contributed by atoms with E-state index in [1.807, 2.05) is 26.8 Å². The Morgan fingerprint density at radius 2 is 1.83 bits per heavy atom. The first-order chi connectivity index (χ1) is 5.13. The van der Waals surface area contributed by atoms with E-state index in [9.17, 15) is 0 Å². The van der Waals surface area contributed by atoms with Crippen molar-refractivity contribution < 1.29 is 0 Å². The molecule has 69 valence electrons. The van der Waals surface area contributed by atoms with E-state index in [0.29, 0.717) is 5.54 Å². The van der Waals surface area contributed by atoms with Crippen molar-refractivity contribution in [1.29, 1.82) is 0 Å². The van der Waals surface area contributed by atoms with Gasteiger partial charge in [0.15, 0.2) is 0 Å². The fourth-order valence-corrected chi connectivity index (χ4v) is 1.35. The third-order valence-corrected chi connectivity index (χ3v) is 2.63. The van der Waals surface area contributed by atoms with E-state index in [4.69, 9.17) is 0 Å². The van der Waals surface area contributed by atoms with Gasteiger partial charge in [0.25, 0.3) is 5.05 Å². The molecule has 0 aliphatic carbocycles. The zero-order chi connectivity index (χ0) is 8.91. The van der Waals surface area contributed by atoms with Crippen LogP contribution in [-0.4, -0.2) is 33.8 Å². The van der Waals surface area contributed by atoms with Crippen LogP contribution in [0.2, 0.25) is 5.05 Å². The van der Waals surface area contributed by atoms with Crippen LogP contribution in [0.4, 0.5) is 0 Å². The number of hydrogen-bond acceptors (Lipinski definition) is 1. The van der Waals surface area contributed by atoms with E-state index < -0.39 is 0 Å². The van der Waals surface area contributed by atoms with Gasteiger partial charge in [0, 0.05) is 5.54 Å². The maximum Gasteiger partial charge on any atom is 1.41 e. The molecule has 1 unspecified atom stereocenters. The number of halogens is 1. The maximum absolute atomic E-state index is 3.51. The fraction of sp³-hybridized carbons (Fsp3) is 1.00. The van der Waals surface area contributed by atoms with Crippen LogP contribution in [0.1, 0.15) is 33.6 Å². The first-order valence-electron chi connectivity index (χ1n) is 4.58. The molecule has 0 spiro atoms. The van der Waals surface area contributed by atoms with Gasteiger partial charge < -0.3 is 5.32 Å². The zero-order valence-corrected chi connectivity index (χ0v) is 11.0. The molecule has 0 bridgehead atoms. The van der Waals surface area contributed by atoms with Crippen molar-refractivity contribution in [3.8, 4) is 0 Å². The van der Waals surface area contributed by atoms with Gasteiger partial charge in [-0.05, 0) is 39.2 Å². The monoisotopic (exact) mass is 202 g/mol. The summed E-state index contributed by atoms with van der Waals surface area (Å²) in [5.74, 6) is 0.839. The minimum atomic E-state index is 0. The number of rotatable bonds is 0. The molecule has 0 aromatic heterocycles. The number of piperidine rings is 1. The van der Waals surface area contributed by atoms with Crippen molar-refractivity contribution >= 4 is 34.1 Å². The quantitative estimate of drug-likeness (QED) is 0.596. The molecule has 1 aliphatic heterocycles. The molecule has 7 radical (unpaired) electrons. The highest BCUT2D eigenvalue weighted by atomic mass is 35.5. The second kappa shape index (κ2) is 7.42. The molecular weight excluding hydrogens is 182 g/mol. The van der Waals surface area contributed by atoms with Crippen LogP contribution < -0.4 is 5.32 Å². The van der Waals surface area contributed by atoms with Gasteiger partial charge in [0.2, 0.25) is 0 Å². The Hall–Kier alpha value is 1.02. The Labute approximate surface area is 95.9 Å². The summed E-state index contributed by atoms with van der Waals surface area (Å²) >= 11 is 1.86. The van der Waals surface area contributed by atoms with Crippen LogP contribution in [0.5, 0.6) is 0 Å². The van der Waals surface area contributed by atoms with Crippen LogP contribution >= 0.6 is 12.4 Å². The van der Waals surface area contributed by atoms with Gasteiger partial charge in [-0.25, -0.2) is 0 Å². The molecule has 3 heteroatoms. The molecule has 0 amide bonds. The lowest BCUT2D eigenvalue weighted by atomic mass is 9.82. The van der Waals surface area contributed by atoms with E-state index in [-0.39, 0.29) is 12.4 Å². The molecule has 1 heterocycles. The molecule has 0 saturated carbocycles. The predicted octanol–water partition coefficient (Wildman–Crippen LogP) is 2.41.